The third-order valence-electron chi connectivity index (χ3n) is 5.65. The molecule has 2 heterocycles. The number of piperidine rings is 2. The van der Waals surface area contributed by atoms with Crippen molar-refractivity contribution in [3.63, 3.8) is 0 Å². The van der Waals surface area contributed by atoms with Gasteiger partial charge in [-0.05, 0) is 77.4 Å². The zero-order chi connectivity index (χ0) is 18.6. The fraction of sp³-hybridized carbons (Fsp3) is 0.682. The van der Waals surface area contributed by atoms with Gasteiger partial charge in [-0.25, -0.2) is 4.79 Å². The van der Waals surface area contributed by atoms with Crippen molar-refractivity contribution in [3.8, 4) is 0 Å². The fourth-order valence-corrected chi connectivity index (χ4v) is 4.21. The average Bonchev–Trinajstić information content (AvgIpc) is 2.62. The molecule has 0 N–H and O–H groups in total. The summed E-state index contributed by atoms with van der Waals surface area (Å²) in [6.45, 7) is 9.84. The Bertz CT molecular complexity index is 572. The Morgan fingerprint density at radius 2 is 1.59 bits per heavy atom. The van der Waals surface area contributed by atoms with Crippen LogP contribution in [0, 0.1) is 5.92 Å². The van der Waals surface area contributed by atoms with Crippen LogP contribution in [0.4, 0.5) is 4.79 Å². The average molecular weight is 395 g/mol. The molecule has 0 bridgehead atoms. The minimum Gasteiger partial charge on any atom is -0.444 e. The number of amides is 1. The number of rotatable bonds is 3. The van der Waals surface area contributed by atoms with E-state index in [1.807, 2.05) is 25.7 Å². The molecule has 0 unspecified atom stereocenters. The second-order valence-electron chi connectivity index (χ2n) is 8.87. The van der Waals surface area contributed by atoms with E-state index in [4.69, 9.17) is 4.74 Å². The summed E-state index contributed by atoms with van der Waals surface area (Å²) < 4.78 is 5.50. The molecular weight excluding hydrogens is 360 g/mol. The van der Waals surface area contributed by atoms with E-state index < -0.39 is 5.60 Å². The van der Waals surface area contributed by atoms with Gasteiger partial charge < -0.3 is 14.5 Å². The molecule has 0 radical (unpaired) electrons. The van der Waals surface area contributed by atoms with Crippen LogP contribution in [0.5, 0.6) is 0 Å². The standard InChI is InChI=1S/C22H34N2O2.ClH/c1-22(2,3)26-21(25)24-15-11-20(12-16-24)23-13-9-19(10-14-23)17-18-7-5-4-6-8-18;/h4-8,19-20H,9-17H2,1-3H3;1H. The van der Waals surface area contributed by atoms with Crippen molar-refractivity contribution >= 4 is 18.5 Å². The lowest BCUT2D eigenvalue weighted by atomic mass is 9.88. The number of ether oxygens (including phenoxy) is 1. The molecule has 27 heavy (non-hydrogen) atoms. The zero-order valence-electron chi connectivity index (χ0n) is 17.0. The lowest BCUT2D eigenvalue weighted by molar-refractivity contribution is 0.0119. The minimum atomic E-state index is -0.408. The van der Waals surface area contributed by atoms with E-state index in [1.54, 1.807) is 0 Å². The molecule has 2 aliphatic heterocycles. The van der Waals surface area contributed by atoms with Gasteiger partial charge in [0, 0.05) is 19.1 Å². The van der Waals surface area contributed by atoms with Crippen molar-refractivity contribution in [2.75, 3.05) is 26.2 Å². The smallest absolute Gasteiger partial charge is 0.410 e. The van der Waals surface area contributed by atoms with Crippen molar-refractivity contribution in [1.82, 2.24) is 9.80 Å². The Labute approximate surface area is 170 Å². The Morgan fingerprint density at radius 1 is 1.00 bits per heavy atom. The Kier molecular flexibility index (Phi) is 7.99. The van der Waals surface area contributed by atoms with Gasteiger partial charge in [0.1, 0.15) is 5.60 Å². The molecular formula is C22H35ClN2O2. The number of carbonyl (C=O) groups is 1. The van der Waals surface area contributed by atoms with Crippen LogP contribution >= 0.6 is 12.4 Å². The summed E-state index contributed by atoms with van der Waals surface area (Å²) in [7, 11) is 0. The highest BCUT2D eigenvalue weighted by molar-refractivity contribution is 5.85. The van der Waals surface area contributed by atoms with E-state index in [0.717, 1.165) is 31.8 Å². The van der Waals surface area contributed by atoms with Crippen LogP contribution in [-0.4, -0.2) is 53.7 Å². The predicted molar refractivity (Wildman–Crippen MR) is 113 cm³/mol. The van der Waals surface area contributed by atoms with Gasteiger partial charge >= 0.3 is 6.09 Å². The van der Waals surface area contributed by atoms with Gasteiger partial charge in [0.05, 0.1) is 0 Å². The molecule has 3 rings (SSSR count). The van der Waals surface area contributed by atoms with Gasteiger partial charge in [0.25, 0.3) is 0 Å². The quantitative estimate of drug-likeness (QED) is 0.740. The van der Waals surface area contributed by atoms with E-state index >= 15 is 0 Å². The Hall–Kier alpha value is -1.26. The van der Waals surface area contributed by atoms with E-state index in [0.29, 0.717) is 6.04 Å². The number of benzene rings is 1. The van der Waals surface area contributed by atoms with Gasteiger partial charge in [-0.1, -0.05) is 30.3 Å². The molecule has 2 fully saturated rings. The van der Waals surface area contributed by atoms with E-state index in [2.05, 4.69) is 35.2 Å². The van der Waals surface area contributed by atoms with Crippen LogP contribution < -0.4 is 0 Å². The molecule has 2 aliphatic rings. The molecule has 1 aromatic rings. The lowest BCUT2D eigenvalue weighted by Gasteiger charge is -2.42. The molecule has 5 heteroatoms. The molecule has 0 aliphatic carbocycles. The molecule has 0 atom stereocenters. The van der Waals surface area contributed by atoms with Crippen LogP contribution in [0.3, 0.4) is 0 Å². The van der Waals surface area contributed by atoms with Gasteiger partial charge in [0.2, 0.25) is 0 Å². The van der Waals surface area contributed by atoms with Gasteiger partial charge in [-0.2, -0.15) is 0 Å². The summed E-state index contributed by atoms with van der Waals surface area (Å²) >= 11 is 0. The van der Waals surface area contributed by atoms with Gasteiger partial charge in [0.15, 0.2) is 0 Å². The number of hydrogen-bond donors (Lipinski definition) is 0. The molecule has 2 saturated heterocycles. The van der Waals surface area contributed by atoms with Crippen molar-refractivity contribution in [2.24, 2.45) is 5.92 Å². The predicted octanol–water partition coefficient (Wildman–Crippen LogP) is 4.76. The van der Waals surface area contributed by atoms with Crippen molar-refractivity contribution in [2.45, 2.75) is 64.5 Å². The molecule has 0 spiro atoms. The maximum absolute atomic E-state index is 12.2. The summed E-state index contributed by atoms with van der Waals surface area (Å²) in [5.41, 5.74) is 1.06. The highest BCUT2D eigenvalue weighted by Crippen LogP contribution is 2.26. The summed E-state index contributed by atoms with van der Waals surface area (Å²) in [4.78, 5) is 16.7. The second kappa shape index (κ2) is 9.79. The third kappa shape index (κ3) is 6.69. The van der Waals surface area contributed by atoms with Crippen LogP contribution in [-0.2, 0) is 11.2 Å². The molecule has 4 nitrogen and oxygen atoms in total. The summed E-state index contributed by atoms with van der Waals surface area (Å²) in [5, 5.41) is 0. The summed E-state index contributed by atoms with van der Waals surface area (Å²) in [5.74, 6) is 0.815. The second-order valence-corrected chi connectivity index (χ2v) is 8.87. The highest BCUT2D eigenvalue weighted by Gasteiger charge is 2.31. The normalized spacial score (nSPS) is 20.2. The minimum absolute atomic E-state index is 0. The molecule has 1 aromatic carbocycles. The maximum Gasteiger partial charge on any atom is 0.410 e. The SMILES string of the molecule is CC(C)(C)OC(=O)N1CCC(N2CCC(Cc3ccccc3)CC2)CC1.Cl. The first kappa shape index (κ1) is 22.0. The Morgan fingerprint density at radius 3 is 2.15 bits per heavy atom. The van der Waals surface area contributed by atoms with Crippen molar-refractivity contribution in [3.05, 3.63) is 35.9 Å². The number of likely N-dealkylation sites (tertiary alicyclic amines) is 2. The number of carbonyl (C=O) groups excluding carboxylic acids is 1. The topological polar surface area (TPSA) is 32.8 Å². The first-order valence-corrected chi connectivity index (χ1v) is 10.2. The fourth-order valence-electron chi connectivity index (χ4n) is 4.21. The molecule has 0 aromatic heterocycles. The first-order chi connectivity index (χ1) is 12.4. The molecule has 152 valence electrons. The van der Waals surface area contributed by atoms with E-state index in [1.165, 1.54) is 37.9 Å². The van der Waals surface area contributed by atoms with Crippen LogP contribution in [0.2, 0.25) is 0 Å². The number of nitrogens with zero attached hydrogens (tertiary/aromatic N) is 2. The van der Waals surface area contributed by atoms with Crippen molar-refractivity contribution < 1.29 is 9.53 Å². The highest BCUT2D eigenvalue weighted by atomic mass is 35.5. The zero-order valence-corrected chi connectivity index (χ0v) is 17.8. The number of halogens is 1. The monoisotopic (exact) mass is 394 g/mol. The third-order valence-corrected chi connectivity index (χ3v) is 5.65. The summed E-state index contributed by atoms with van der Waals surface area (Å²) in [6, 6.07) is 11.5. The van der Waals surface area contributed by atoms with Crippen LogP contribution in [0.25, 0.3) is 0 Å². The van der Waals surface area contributed by atoms with Gasteiger partial charge in [-0.15, -0.1) is 12.4 Å². The largest absolute Gasteiger partial charge is 0.444 e. The van der Waals surface area contributed by atoms with Crippen molar-refractivity contribution in [1.29, 1.82) is 0 Å². The van der Waals surface area contributed by atoms with E-state index in [-0.39, 0.29) is 18.5 Å². The maximum atomic E-state index is 12.2. The Balaban J connectivity index is 0.00000261. The van der Waals surface area contributed by atoms with Crippen LogP contribution in [0.15, 0.2) is 30.3 Å². The molecule has 0 saturated carbocycles. The number of hydrogen-bond acceptors (Lipinski definition) is 3. The molecule has 1 amide bonds. The first-order valence-electron chi connectivity index (χ1n) is 10.2. The lowest BCUT2D eigenvalue weighted by Crippen LogP contribution is -2.49. The van der Waals surface area contributed by atoms with Crippen LogP contribution in [0.1, 0.15) is 52.0 Å². The van der Waals surface area contributed by atoms with E-state index in [9.17, 15) is 4.79 Å². The van der Waals surface area contributed by atoms with Gasteiger partial charge in [-0.3, -0.25) is 0 Å². The summed E-state index contributed by atoms with van der Waals surface area (Å²) in [6.07, 6.45) is 5.79.